The topological polar surface area (TPSA) is 17.1 Å². The summed E-state index contributed by atoms with van der Waals surface area (Å²) in [7, 11) is 0. The summed E-state index contributed by atoms with van der Waals surface area (Å²) in [6.07, 6.45) is 20.2. The molecule has 0 rings (SSSR count). The fourth-order valence-electron chi connectivity index (χ4n) is 1.58. The number of carbonyl (C=O) groups excluding carboxylic acids is 1. The van der Waals surface area contributed by atoms with Crippen LogP contribution in [0.5, 0.6) is 0 Å². The van der Waals surface area contributed by atoms with E-state index in [1.807, 2.05) is 12.2 Å². The van der Waals surface area contributed by atoms with Gasteiger partial charge in [-0.25, -0.2) is 0 Å². The molecule has 0 aliphatic rings. The third-order valence-corrected chi connectivity index (χ3v) is 2.56. The third kappa shape index (κ3) is 13.2. The molecule has 0 saturated carbocycles. The van der Waals surface area contributed by atoms with Crippen molar-refractivity contribution in [2.24, 2.45) is 0 Å². The highest BCUT2D eigenvalue weighted by molar-refractivity contribution is 5.51. The van der Waals surface area contributed by atoms with Gasteiger partial charge in [0, 0.05) is 6.42 Å². The summed E-state index contributed by atoms with van der Waals surface area (Å²) in [4.78, 5) is 10.0. The number of hydrogen-bond acceptors (Lipinski definition) is 1. The molecule has 0 aromatic carbocycles. The lowest BCUT2D eigenvalue weighted by atomic mass is 10.1. The van der Waals surface area contributed by atoms with Crippen molar-refractivity contribution in [3.63, 3.8) is 0 Å². The number of carbonyl (C=O) groups is 1. The number of hydrogen-bond donors (Lipinski definition) is 0. The molecule has 1 nitrogen and oxygen atoms in total. The van der Waals surface area contributed by atoms with Crippen LogP contribution in [0.2, 0.25) is 0 Å². The zero-order valence-electron chi connectivity index (χ0n) is 10.7. The molecule has 0 heterocycles. The summed E-state index contributed by atoms with van der Waals surface area (Å²) >= 11 is 0. The molecular formula is C15H26O. The van der Waals surface area contributed by atoms with E-state index in [1.165, 1.54) is 44.9 Å². The van der Waals surface area contributed by atoms with Crippen LogP contribution in [0.3, 0.4) is 0 Å². The zero-order chi connectivity index (χ0) is 11.9. The van der Waals surface area contributed by atoms with Gasteiger partial charge < -0.3 is 4.79 Å². The largest absolute Gasteiger partial charge is 0.303 e. The maximum Gasteiger partial charge on any atom is 0.123 e. The lowest BCUT2D eigenvalue weighted by molar-refractivity contribution is -0.107. The van der Waals surface area contributed by atoms with Gasteiger partial charge in [-0.15, -0.1) is 0 Å². The Morgan fingerprint density at radius 3 is 2.12 bits per heavy atom. The second kappa shape index (κ2) is 14.2. The standard InChI is InChI=1S/C15H26O/c1-2-3-4-5-6-7-8-9-10-11-12-13-14-15-16/h9-10,12-13,15H,2-8,11,14H2,1H3/b10-9+,13-12-. The minimum absolute atomic E-state index is 0.547. The molecular weight excluding hydrogens is 196 g/mol. The first-order valence-electron chi connectivity index (χ1n) is 6.65. The van der Waals surface area contributed by atoms with Crippen molar-refractivity contribution in [1.82, 2.24) is 0 Å². The van der Waals surface area contributed by atoms with Gasteiger partial charge in [0.05, 0.1) is 0 Å². The molecule has 0 aliphatic heterocycles. The molecule has 0 radical (unpaired) electrons. The first-order chi connectivity index (χ1) is 7.91. The highest BCUT2D eigenvalue weighted by atomic mass is 16.1. The summed E-state index contributed by atoms with van der Waals surface area (Å²) < 4.78 is 0. The Kier molecular flexibility index (Phi) is 13.4. The van der Waals surface area contributed by atoms with E-state index in [4.69, 9.17) is 0 Å². The maximum absolute atomic E-state index is 10.0. The van der Waals surface area contributed by atoms with Crippen LogP contribution < -0.4 is 0 Å². The molecule has 0 atom stereocenters. The van der Waals surface area contributed by atoms with Crippen LogP contribution in [0, 0.1) is 0 Å². The van der Waals surface area contributed by atoms with Gasteiger partial charge in [0.1, 0.15) is 6.29 Å². The molecule has 0 aromatic heterocycles. The Morgan fingerprint density at radius 1 is 0.750 bits per heavy atom. The van der Waals surface area contributed by atoms with Gasteiger partial charge in [0.25, 0.3) is 0 Å². The van der Waals surface area contributed by atoms with E-state index in [0.717, 1.165) is 12.7 Å². The van der Waals surface area contributed by atoms with E-state index >= 15 is 0 Å². The predicted molar refractivity (Wildman–Crippen MR) is 71.6 cm³/mol. The van der Waals surface area contributed by atoms with Crippen molar-refractivity contribution < 1.29 is 4.79 Å². The molecule has 16 heavy (non-hydrogen) atoms. The fraction of sp³-hybridized carbons (Fsp3) is 0.667. The molecule has 0 saturated heterocycles. The quantitative estimate of drug-likeness (QED) is 0.278. The Labute approximate surface area is 101 Å². The number of rotatable bonds is 11. The number of aldehydes is 1. The fourth-order valence-corrected chi connectivity index (χ4v) is 1.58. The van der Waals surface area contributed by atoms with Crippen molar-refractivity contribution in [3.8, 4) is 0 Å². The second-order valence-corrected chi connectivity index (χ2v) is 4.14. The predicted octanol–water partition coefficient (Wildman–Crippen LogP) is 4.83. The van der Waals surface area contributed by atoms with Gasteiger partial charge in [-0.2, -0.15) is 0 Å². The van der Waals surface area contributed by atoms with Crippen LogP contribution >= 0.6 is 0 Å². The summed E-state index contributed by atoms with van der Waals surface area (Å²) in [5.74, 6) is 0. The minimum Gasteiger partial charge on any atom is -0.303 e. The van der Waals surface area contributed by atoms with Crippen LogP contribution in [0.15, 0.2) is 24.3 Å². The third-order valence-electron chi connectivity index (χ3n) is 2.56. The Morgan fingerprint density at radius 2 is 1.38 bits per heavy atom. The van der Waals surface area contributed by atoms with Crippen LogP contribution in [0.1, 0.15) is 64.7 Å². The van der Waals surface area contributed by atoms with Crippen LogP contribution in [0.4, 0.5) is 0 Å². The highest BCUT2D eigenvalue weighted by Crippen LogP contribution is 2.07. The van der Waals surface area contributed by atoms with E-state index in [9.17, 15) is 4.79 Å². The molecule has 0 spiro atoms. The second-order valence-electron chi connectivity index (χ2n) is 4.14. The number of unbranched alkanes of at least 4 members (excludes halogenated alkanes) is 6. The molecule has 0 unspecified atom stereocenters. The molecule has 0 fully saturated rings. The van der Waals surface area contributed by atoms with Crippen molar-refractivity contribution in [2.75, 3.05) is 0 Å². The lowest BCUT2D eigenvalue weighted by Gasteiger charge is -1.97. The van der Waals surface area contributed by atoms with Gasteiger partial charge in [-0.05, 0) is 19.3 Å². The van der Waals surface area contributed by atoms with Crippen LogP contribution in [-0.4, -0.2) is 6.29 Å². The van der Waals surface area contributed by atoms with E-state index in [2.05, 4.69) is 19.1 Å². The van der Waals surface area contributed by atoms with Crippen molar-refractivity contribution >= 4 is 6.29 Å². The minimum atomic E-state index is 0.547. The normalized spacial score (nSPS) is 11.6. The molecule has 0 N–H and O–H groups in total. The van der Waals surface area contributed by atoms with E-state index < -0.39 is 0 Å². The molecule has 1 heteroatoms. The smallest absolute Gasteiger partial charge is 0.123 e. The Balaban J connectivity index is 3.12. The maximum atomic E-state index is 10.0. The van der Waals surface area contributed by atoms with Crippen molar-refractivity contribution in [2.45, 2.75) is 64.7 Å². The average molecular weight is 222 g/mol. The lowest BCUT2D eigenvalue weighted by Crippen LogP contribution is -1.77. The van der Waals surface area contributed by atoms with Gasteiger partial charge in [0.2, 0.25) is 0 Å². The summed E-state index contributed by atoms with van der Waals surface area (Å²) in [5, 5.41) is 0. The highest BCUT2D eigenvalue weighted by Gasteiger charge is 1.87. The zero-order valence-corrected chi connectivity index (χ0v) is 10.7. The van der Waals surface area contributed by atoms with Gasteiger partial charge in [-0.1, -0.05) is 63.3 Å². The molecule has 0 aliphatic carbocycles. The first kappa shape index (κ1) is 15.2. The molecule has 0 amide bonds. The van der Waals surface area contributed by atoms with E-state index in [1.54, 1.807) is 0 Å². The summed E-state index contributed by atoms with van der Waals surface area (Å²) in [6, 6.07) is 0. The average Bonchev–Trinajstić information content (AvgIpc) is 2.31. The van der Waals surface area contributed by atoms with Gasteiger partial charge >= 0.3 is 0 Å². The van der Waals surface area contributed by atoms with Crippen molar-refractivity contribution in [1.29, 1.82) is 0 Å². The number of allylic oxidation sites excluding steroid dienone is 4. The van der Waals surface area contributed by atoms with Gasteiger partial charge in [-0.3, -0.25) is 0 Å². The van der Waals surface area contributed by atoms with Gasteiger partial charge in [0.15, 0.2) is 0 Å². The Hall–Kier alpha value is -0.850. The molecule has 0 bridgehead atoms. The summed E-state index contributed by atoms with van der Waals surface area (Å²) in [5.41, 5.74) is 0. The monoisotopic (exact) mass is 222 g/mol. The van der Waals surface area contributed by atoms with Crippen molar-refractivity contribution in [3.05, 3.63) is 24.3 Å². The SMILES string of the molecule is CCCCCCCC/C=C/C/C=C\CC=O. The molecule has 0 aromatic rings. The van der Waals surface area contributed by atoms with Crippen LogP contribution in [0.25, 0.3) is 0 Å². The Bertz CT molecular complexity index is 192. The first-order valence-corrected chi connectivity index (χ1v) is 6.65. The van der Waals surface area contributed by atoms with Crippen LogP contribution in [-0.2, 0) is 4.79 Å². The molecule has 92 valence electrons. The van der Waals surface area contributed by atoms with E-state index in [-0.39, 0.29) is 0 Å². The summed E-state index contributed by atoms with van der Waals surface area (Å²) in [6.45, 7) is 2.25. The van der Waals surface area contributed by atoms with E-state index in [0.29, 0.717) is 6.42 Å².